The highest BCUT2D eigenvalue weighted by molar-refractivity contribution is 9.10. The van der Waals surface area contributed by atoms with Gasteiger partial charge in [-0.25, -0.2) is 12.8 Å². The number of hydrogen-bond acceptors (Lipinski definition) is 4. The van der Waals surface area contributed by atoms with Crippen LogP contribution in [0.25, 0.3) is 0 Å². The molecule has 1 aliphatic rings. The van der Waals surface area contributed by atoms with Gasteiger partial charge in [-0.2, -0.15) is 4.31 Å². The zero-order chi connectivity index (χ0) is 13.5. The van der Waals surface area contributed by atoms with Crippen LogP contribution in [0, 0.1) is 6.92 Å². The molecule has 0 aromatic carbocycles. The summed E-state index contributed by atoms with van der Waals surface area (Å²) in [6, 6.07) is 1.05. The molecule has 1 aromatic rings. The average molecular weight is 358 g/mol. The molecule has 0 spiro atoms. The first-order valence-corrected chi connectivity index (χ1v) is 8.44. The molecule has 1 aromatic heterocycles. The maximum Gasteiger partial charge on any atom is 0.254 e. The first-order chi connectivity index (χ1) is 8.36. The van der Waals surface area contributed by atoms with Gasteiger partial charge in [0.2, 0.25) is 0 Å². The van der Waals surface area contributed by atoms with Gasteiger partial charge in [-0.1, -0.05) is 0 Å². The van der Waals surface area contributed by atoms with Crippen LogP contribution in [0.5, 0.6) is 0 Å². The SMILES string of the molecule is Cc1cc(Br)c(S(=O)(=O)N2CC(F)CC2CO)s1. The Labute approximate surface area is 118 Å². The zero-order valence-corrected chi connectivity index (χ0v) is 12.9. The minimum absolute atomic E-state index is 0.0533. The van der Waals surface area contributed by atoms with Gasteiger partial charge in [0, 0.05) is 15.9 Å². The summed E-state index contributed by atoms with van der Waals surface area (Å²) in [7, 11) is -3.74. The van der Waals surface area contributed by atoms with Gasteiger partial charge < -0.3 is 5.11 Å². The smallest absolute Gasteiger partial charge is 0.254 e. The Kier molecular flexibility index (Phi) is 4.13. The summed E-state index contributed by atoms with van der Waals surface area (Å²) in [4.78, 5) is 0.858. The lowest BCUT2D eigenvalue weighted by atomic mass is 10.2. The number of rotatable bonds is 3. The fourth-order valence-electron chi connectivity index (χ4n) is 2.04. The highest BCUT2D eigenvalue weighted by atomic mass is 79.9. The molecule has 1 saturated heterocycles. The number of nitrogens with zero attached hydrogens (tertiary/aromatic N) is 1. The Morgan fingerprint density at radius 1 is 1.67 bits per heavy atom. The van der Waals surface area contributed by atoms with Crippen LogP contribution in [0.1, 0.15) is 11.3 Å². The molecular weight excluding hydrogens is 345 g/mol. The van der Waals surface area contributed by atoms with Crippen molar-refractivity contribution in [1.29, 1.82) is 0 Å². The van der Waals surface area contributed by atoms with E-state index in [-0.39, 0.29) is 23.8 Å². The van der Waals surface area contributed by atoms with Gasteiger partial charge in [-0.3, -0.25) is 0 Å². The number of hydrogen-bond donors (Lipinski definition) is 1. The first kappa shape index (κ1) is 14.4. The van der Waals surface area contributed by atoms with E-state index in [0.717, 1.165) is 20.5 Å². The average Bonchev–Trinajstić information content (AvgIpc) is 2.82. The molecule has 18 heavy (non-hydrogen) atoms. The largest absolute Gasteiger partial charge is 0.395 e. The van der Waals surface area contributed by atoms with Crippen LogP contribution in [0.15, 0.2) is 14.7 Å². The second-order valence-corrected chi connectivity index (χ2v) is 8.43. The predicted octanol–water partition coefficient (Wildman–Crippen LogP) is 1.91. The summed E-state index contributed by atoms with van der Waals surface area (Å²) in [5.74, 6) is 0. The molecule has 8 heteroatoms. The standard InChI is InChI=1S/C10H13BrFNO3S2/c1-6-2-9(11)10(17-6)18(15,16)13-4-7(12)3-8(13)5-14/h2,7-8,14H,3-5H2,1H3. The number of aliphatic hydroxyl groups is 1. The lowest BCUT2D eigenvalue weighted by Crippen LogP contribution is -2.37. The summed E-state index contributed by atoms with van der Waals surface area (Å²) in [5.41, 5.74) is 0. The van der Waals surface area contributed by atoms with Gasteiger partial charge >= 0.3 is 0 Å². The van der Waals surface area contributed by atoms with E-state index >= 15 is 0 Å². The number of sulfonamides is 1. The Balaban J connectivity index is 2.40. The number of halogens is 2. The van der Waals surface area contributed by atoms with E-state index in [9.17, 15) is 12.8 Å². The van der Waals surface area contributed by atoms with Gasteiger partial charge in [-0.05, 0) is 35.3 Å². The molecule has 1 aliphatic heterocycles. The highest BCUT2D eigenvalue weighted by Crippen LogP contribution is 2.36. The van der Waals surface area contributed by atoms with E-state index in [2.05, 4.69) is 15.9 Å². The molecule has 1 N–H and O–H groups in total. The van der Waals surface area contributed by atoms with Crippen molar-refractivity contribution in [2.45, 2.75) is 29.8 Å². The summed E-state index contributed by atoms with van der Waals surface area (Å²) in [6.45, 7) is 1.26. The summed E-state index contributed by atoms with van der Waals surface area (Å²) in [6.07, 6.45) is -1.16. The van der Waals surface area contributed by atoms with E-state index < -0.39 is 22.2 Å². The third-order valence-corrected chi connectivity index (χ3v) is 7.48. The van der Waals surface area contributed by atoms with Crippen LogP contribution in [-0.2, 0) is 10.0 Å². The van der Waals surface area contributed by atoms with Crippen molar-refractivity contribution in [1.82, 2.24) is 4.31 Å². The van der Waals surface area contributed by atoms with Gasteiger partial charge in [0.25, 0.3) is 10.0 Å². The number of aryl methyl sites for hydroxylation is 1. The molecule has 0 aliphatic carbocycles. The minimum atomic E-state index is -3.74. The molecule has 2 unspecified atom stereocenters. The van der Waals surface area contributed by atoms with Crippen LogP contribution >= 0.6 is 27.3 Å². The molecule has 102 valence electrons. The number of alkyl halides is 1. The minimum Gasteiger partial charge on any atom is -0.395 e. The Morgan fingerprint density at radius 2 is 2.33 bits per heavy atom. The predicted molar refractivity (Wildman–Crippen MR) is 71.0 cm³/mol. The summed E-state index contributed by atoms with van der Waals surface area (Å²) >= 11 is 4.35. The van der Waals surface area contributed by atoms with E-state index in [0.29, 0.717) is 4.47 Å². The van der Waals surface area contributed by atoms with Gasteiger partial charge in [0.05, 0.1) is 12.6 Å². The van der Waals surface area contributed by atoms with Crippen molar-refractivity contribution in [2.75, 3.05) is 13.2 Å². The van der Waals surface area contributed by atoms with Crippen molar-refractivity contribution >= 4 is 37.3 Å². The second-order valence-electron chi connectivity index (χ2n) is 4.24. The van der Waals surface area contributed by atoms with Crippen molar-refractivity contribution in [3.8, 4) is 0 Å². The molecule has 1 fully saturated rings. The van der Waals surface area contributed by atoms with E-state index in [1.54, 1.807) is 13.0 Å². The quantitative estimate of drug-likeness (QED) is 0.898. The zero-order valence-electron chi connectivity index (χ0n) is 9.64. The topological polar surface area (TPSA) is 57.6 Å². The normalized spacial score (nSPS) is 25.8. The highest BCUT2D eigenvalue weighted by Gasteiger charge is 2.41. The summed E-state index contributed by atoms with van der Waals surface area (Å²) in [5, 5.41) is 9.16. The second kappa shape index (κ2) is 5.16. The van der Waals surface area contributed by atoms with Crippen LogP contribution < -0.4 is 0 Å². The monoisotopic (exact) mass is 357 g/mol. The molecule has 2 atom stereocenters. The third-order valence-electron chi connectivity index (χ3n) is 2.85. The van der Waals surface area contributed by atoms with Crippen LogP contribution in [0.3, 0.4) is 0 Å². The fourth-order valence-corrected chi connectivity index (χ4v) is 6.54. The molecule has 0 saturated carbocycles. The third kappa shape index (κ3) is 2.49. The van der Waals surface area contributed by atoms with Crippen molar-refractivity contribution in [3.63, 3.8) is 0 Å². The maximum absolute atomic E-state index is 13.3. The Hall–Kier alpha value is -0.0200. The molecule has 2 heterocycles. The number of aliphatic hydroxyl groups excluding tert-OH is 1. The molecule has 4 nitrogen and oxygen atoms in total. The van der Waals surface area contributed by atoms with Gasteiger partial charge in [-0.15, -0.1) is 11.3 Å². The first-order valence-electron chi connectivity index (χ1n) is 5.39. The van der Waals surface area contributed by atoms with Crippen LogP contribution in [0.2, 0.25) is 0 Å². The van der Waals surface area contributed by atoms with E-state index in [1.807, 2.05) is 0 Å². The van der Waals surface area contributed by atoms with Crippen LogP contribution in [-0.4, -0.2) is 43.2 Å². The van der Waals surface area contributed by atoms with Gasteiger partial charge in [0.15, 0.2) is 0 Å². The van der Waals surface area contributed by atoms with Crippen molar-refractivity contribution in [2.24, 2.45) is 0 Å². The van der Waals surface area contributed by atoms with Crippen molar-refractivity contribution in [3.05, 3.63) is 15.4 Å². The number of thiophene rings is 1. The van der Waals surface area contributed by atoms with E-state index in [1.165, 1.54) is 0 Å². The van der Waals surface area contributed by atoms with Gasteiger partial charge in [0.1, 0.15) is 10.4 Å². The van der Waals surface area contributed by atoms with Crippen LogP contribution in [0.4, 0.5) is 4.39 Å². The molecule has 0 radical (unpaired) electrons. The molecule has 0 bridgehead atoms. The molecule has 2 rings (SSSR count). The molecule has 0 amide bonds. The maximum atomic E-state index is 13.3. The lowest BCUT2D eigenvalue weighted by molar-refractivity contribution is 0.213. The Morgan fingerprint density at radius 3 is 2.83 bits per heavy atom. The molecular formula is C10H13BrFNO3S2. The Bertz CT molecular complexity index is 545. The fraction of sp³-hybridized carbons (Fsp3) is 0.600. The lowest BCUT2D eigenvalue weighted by Gasteiger charge is -2.21. The summed E-state index contributed by atoms with van der Waals surface area (Å²) < 4.78 is 39.9. The van der Waals surface area contributed by atoms with E-state index in [4.69, 9.17) is 5.11 Å². The van der Waals surface area contributed by atoms with Crippen molar-refractivity contribution < 1.29 is 17.9 Å².